The molecule has 2 fully saturated rings. The number of rotatable bonds is 8. The van der Waals surface area contributed by atoms with Gasteiger partial charge in [0.15, 0.2) is 22.9 Å². The molecule has 4 heterocycles. The Morgan fingerprint density at radius 2 is 1.87 bits per heavy atom. The number of halogens is 2. The summed E-state index contributed by atoms with van der Waals surface area (Å²) in [6, 6.07) is 8.11. The van der Waals surface area contributed by atoms with E-state index in [1.165, 1.54) is 52.1 Å². The molecule has 238 valence electrons. The van der Waals surface area contributed by atoms with Crippen LogP contribution in [-0.4, -0.2) is 65.2 Å². The van der Waals surface area contributed by atoms with E-state index in [9.17, 15) is 19.2 Å². The third-order valence-corrected chi connectivity index (χ3v) is 9.88. The maximum absolute atomic E-state index is 15.8. The second-order valence-corrected chi connectivity index (χ2v) is 13.0. The molecule has 3 amide bonds. The van der Waals surface area contributed by atoms with Gasteiger partial charge in [-0.05, 0) is 56.9 Å². The molecule has 0 bridgehead atoms. The lowest BCUT2D eigenvalue weighted by Crippen LogP contribution is -2.46. The Bertz CT molecular complexity index is 2130. The normalized spacial score (nSPS) is 18.3. The molecule has 7 rings (SSSR count). The molecule has 3 atom stereocenters. The largest absolute Gasteiger partial charge is 0.364 e. The first-order chi connectivity index (χ1) is 22.5. The van der Waals surface area contributed by atoms with Crippen molar-refractivity contribution in [2.45, 2.75) is 45.3 Å². The molecular formula is C32H26ClFN8O4S. The van der Waals surface area contributed by atoms with E-state index in [0.717, 1.165) is 6.42 Å². The number of amides is 3. The SMILES string of the molecule is CC(=O)c1ccc(Cl)c(-c2cccc(NC(=O)[C@@H]3C[C@H]4C[C@H]4N3C(=O)Cn3nc(C(N)=O)c4sc(-c5cnc(C)nc5)nc43)c2F)c1. The zero-order valence-corrected chi connectivity index (χ0v) is 26.6. The van der Waals surface area contributed by atoms with Gasteiger partial charge < -0.3 is 16.0 Å². The minimum Gasteiger partial charge on any atom is -0.364 e. The minimum absolute atomic E-state index is 0.0195. The number of hydrogen-bond acceptors (Lipinski definition) is 9. The average Bonchev–Trinajstić information content (AvgIpc) is 3.33. The summed E-state index contributed by atoms with van der Waals surface area (Å²) in [4.78, 5) is 66.1. The molecule has 2 aliphatic rings. The highest BCUT2D eigenvalue weighted by molar-refractivity contribution is 7.22. The molecule has 1 saturated heterocycles. The Morgan fingerprint density at radius 1 is 1.11 bits per heavy atom. The monoisotopic (exact) mass is 672 g/mol. The van der Waals surface area contributed by atoms with Gasteiger partial charge >= 0.3 is 0 Å². The Morgan fingerprint density at radius 3 is 2.60 bits per heavy atom. The van der Waals surface area contributed by atoms with Crippen molar-refractivity contribution in [1.29, 1.82) is 0 Å². The van der Waals surface area contributed by atoms with Crippen LogP contribution in [0.5, 0.6) is 0 Å². The molecule has 47 heavy (non-hydrogen) atoms. The summed E-state index contributed by atoms with van der Waals surface area (Å²) < 4.78 is 17.5. The van der Waals surface area contributed by atoms with Crippen molar-refractivity contribution < 1.29 is 23.6 Å². The van der Waals surface area contributed by atoms with Gasteiger partial charge in [-0.3, -0.25) is 19.2 Å². The van der Waals surface area contributed by atoms with Gasteiger partial charge in [0.1, 0.15) is 28.1 Å². The maximum atomic E-state index is 15.8. The van der Waals surface area contributed by atoms with Gasteiger partial charge in [0.2, 0.25) is 11.8 Å². The summed E-state index contributed by atoms with van der Waals surface area (Å²) in [7, 11) is 0. The van der Waals surface area contributed by atoms with Crippen molar-refractivity contribution in [3.8, 4) is 21.7 Å². The topological polar surface area (TPSA) is 166 Å². The fraction of sp³-hybridized carbons (Fsp3) is 0.250. The van der Waals surface area contributed by atoms with Crippen molar-refractivity contribution in [3.63, 3.8) is 0 Å². The standard InChI is InChI=1S/C32H26ClFN8O4S/c1-14(43)16-6-7-21(33)20(8-16)19-4-3-5-22(26(19)34)38-31(46)24-10-17-9-23(17)42(24)25(44)13-41-30-28(27(40-41)29(35)45)47-32(39-30)18-11-36-15(2)37-12-18/h3-8,11-12,17,23-24H,9-10,13H2,1-2H3,(H2,35,45)(H,38,46)/t17-,23-,24+/m1/s1. The Hall–Kier alpha value is -5.08. The summed E-state index contributed by atoms with van der Waals surface area (Å²) in [5.41, 5.74) is 7.23. The second kappa shape index (κ2) is 11.6. The number of ketones is 1. The number of anilines is 1. The molecule has 15 heteroatoms. The number of Topliss-reactive ketones (excluding diaryl/α,β-unsaturated/α-hetero) is 1. The number of likely N-dealkylation sites (tertiary alicyclic amines) is 1. The fourth-order valence-electron chi connectivity index (χ4n) is 6.01. The lowest BCUT2D eigenvalue weighted by atomic mass is 10.00. The zero-order valence-electron chi connectivity index (χ0n) is 25.0. The van der Waals surface area contributed by atoms with Gasteiger partial charge in [-0.25, -0.2) is 24.0 Å². The number of nitrogens with one attached hydrogen (secondary N) is 1. The smallest absolute Gasteiger partial charge is 0.270 e. The Kier molecular flexibility index (Phi) is 7.56. The lowest BCUT2D eigenvalue weighted by Gasteiger charge is -2.27. The van der Waals surface area contributed by atoms with Crippen LogP contribution in [0.15, 0.2) is 48.8 Å². The minimum atomic E-state index is -0.851. The van der Waals surface area contributed by atoms with Crippen LogP contribution in [0.3, 0.4) is 0 Å². The highest BCUT2D eigenvalue weighted by atomic mass is 35.5. The number of hydrogen-bond donors (Lipinski definition) is 2. The lowest BCUT2D eigenvalue weighted by molar-refractivity contribution is -0.138. The number of carbonyl (C=O) groups is 4. The molecule has 1 aliphatic carbocycles. The van der Waals surface area contributed by atoms with E-state index in [2.05, 4.69) is 25.4 Å². The average molecular weight is 673 g/mol. The third kappa shape index (κ3) is 5.52. The van der Waals surface area contributed by atoms with Crippen molar-refractivity contribution in [2.75, 3.05) is 5.32 Å². The fourth-order valence-corrected chi connectivity index (χ4v) is 7.26. The molecule has 1 saturated carbocycles. The highest BCUT2D eigenvalue weighted by Crippen LogP contribution is 2.48. The molecule has 0 unspecified atom stereocenters. The maximum Gasteiger partial charge on any atom is 0.270 e. The third-order valence-electron chi connectivity index (χ3n) is 8.45. The number of fused-ring (bicyclic) bond motifs is 2. The van der Waals surface area contributed by atoms with Gasteiger partial charge in [-0.2, -0.15) is 5.10 Å². The van der Waals surface area contributed by atoms with E-state index in [0.29, 0.717) is 44.3 Å². The second-order valence-electron chi connectivity index (χ2n) is 11.6. The zero-order chi connectivity index (χ0) is 33.1. The van der Waals surface area contributed by atoms with Gasteiger partial charge in [-0.15, -0.1) is 11.3 Å². The van der Waals surface area contributed by atoms with Crippen molar-refractivity contribution in [3.05, 3.63) is 76.7 Å². The number of primary amides is 1. The van der Waals surface area contributed by atoms with Crippen LogP contribution in [0.25, 0.3) is 32.0 Å². The van der Waals surface area contributed by atoms with Gasteiger partial charge in [0, 0.05) is 45.7 Å². The number of nitrogens with zero attached hydrogens (tertiary/aromatic N) is 6. The predicted molar refractivity (Wildman–Crippen MR) is 172 cm³/mol. The summed E-state index contributed by atoms with van der Waals surface area (Å²) in [6.45, 7) is 2.87. The Labute approximate surface area is 275 Å². The van der Waals surface area contributed by atoms with Gasteiger partial charge in [0.25, 0.3) is 5.91 Å². The molecule has 2 aromatic carbocycles. The first-order valence-corrected chi connectivity index (χ1v) is 15.9. The van der Waals surface area contributed by atoms with Crippen LogP contribution in [0.2, 0.25) is 5.02 Å². The van der Waals surface area contributed by atoms with Crippen LogP contribution in [-0.2, 0) is 16.1 Å². The summed E-state index contributed by atoms with van der Waals surface area (Å²) >= 11 is 7.54. The van der Waals surface area contributed by atoms with E-state index in [1.54, 1.807) is 31.5 Å². The number of carbonyl (C=O) groups excluding carboxylic acids is 4. The van der Waals surface area contributed by atoms with Crippen LogP contribution in [0.4, 0.5) is 10.1 Å². The number of benzene rings is 2. The quantitative estimate of drug-likeness (QED) is 0.225. The van der Waals surface area contributed by atoms with Crippen LogP contribution < -0.4 is 11.1 Å². The van der Waals surface area contributed by atoms with Crippen molar-refractivity contribution >= 4 is 62.5 Å². The van der Waals surface area contributed by atoms with Crippen LogP contribution in [0.1, 0.15) is 46.4 Å². The summed E-state index contributed by atoms with van der Waals surface area (Å²) in [5.74, 6) is -1.89. The Balaban J connectivity index is 1.14. The molecule has 3 N–H and O–H groups in total. The highest BCUT2D eigenvalue weighted by Gasteiger charge is 2.56. The van der Waals surface area contributed by atoms with E-state index in [-0.39, 0.29) is 46.3 Å². The molecule has 12 nitrogen and oxygen atoms in total. The van der Waals surface area contributed by atoms with E-state index >= 15 is 4.39 Å². The number of piperidine rings is 1. The molecular weight excluding hydrogens is 647 g/mol. The van der Waals surface area contributed by atoms with Gasteiger partial charge in [0.05, 0.1) is 5.69 Å². The van der Waals surface area contributed by atoms with E-state index in [1.807, 2.05) is 0 Å². The molecule has 0 spiro atoms. The molecule has 5 aromatic rings. The predicted octanol–water partition coefficient (Wildman–Crippen LogP) is 4.65. The molecule has 3 aromatic heterocycles. The number of thiazole rings is 1. The number of nitrogens with two attached hydrogens (primary N) is 1. The van der Waals surface area contributed by atoms with Crippen molar-refractivity contribution in [1.82, 2.24) is 29.6 Å². The number of aryl methyl sites for hydroxylation is 1. The first kappa shape index (κ1) is 30.6. The molecule has 0 radical (unpaired) electrons. The van der Waals surface area contributed by atoms with Gasteiger partial charge in [-0.1, -0.05) is 23.7 Å². The van der Waals surface area contributed by atoms with Crippen LogP contribution >= 0.6 is 22.9 Å². The van der Waals surface area contributed by atoms with Crippen LogP contribution in [0, 0.1) is 18.7 Å². The number of aromatic nitrogens is 5. The van der Waals surface area contributed by atoms with Crippen molar-refractivity contribution in [2.24, 2.45) is 11.7 Å². The first-order valence-electron chi connectivity index (χ1n) is 14.7. The molecule has 1 aliphatic heterocycles. The van der Waals surface area contributed by atoms with E-state index in [4.69, 9.17) is 17.3 Å². The van der Waals surface area contributed by atoms with E-state index < -0.39 is 29.6 Å². The summed E-state index contributed by atoms with van der Waals surface area (Å²) in [6.07, 6.45) is 4.40. The summed E-state index contributed by atoms with van der Waals surface area (Å²) in [5, 5.41) is 7.72.